The van der Waals surface area contributed by atoms with Crippen molar-refractivity contribution in [3.8, 4) is 0 Å². The lowest BCUT2D eigenvalue weighted by Crippen LogP contribution is -2.37. The Labute approximate surface area is 153 Å². The van der Waals surface area contributed by atoms with E-state index in [0.717, 1.165) is 61.7 Å². The molecular formula is C20H26N4O2. The molecule has 2 aromatic heterocycles. The molecule has 1 spiro atoms. The summed E-state index contributed by atoms with van der Waals surface area (Å²) < 4.78 is 2.25. The first-order chi connectivity index (χ1) is 12.6. The van der Waals surface area contributed by atoms with Crippen molar-refractivity contribution in [1.29, 1.82) is 0 Å². The molecular weight excluding hydrogens is 328 g/mol. The molecule has 0 bridgehead atoms. The third-order valence-corrected chi connectivity index (χ3v) is 6.68. The van der Waals surface area contributed by atoms with Crippen LogP contribution in [-0.4, -0.2) is 37.6 Å². The number of anilines is 1. The minimum atomic E-state index is -0.165. The van der Waals surface area contributed by atoms with Crippen molar-refractivity contribution in [1.82, 2.24) is 14.5 Å². The van der Waals surface area contributed by atoms with Gasteiger partial charge in [0.25, 0.3) is 0 Å². The van der Waals surface area contributed by atoms with E-state index >= 15 is 0 Å². The molecule has 2 saturated carbocycles. The first-order valence-corrected chi connectivity index (χ1v) is 10.0. The van der Waals surface area contributed by atoms with E-state index in [-0.39, 0.29) is 17.4 Å². The lowest BCUT2D eigenvalue weighted by molar-refractivity contribution is 0.0901. The topological polar surface area (TPSA) is 80.0 Å². The van der Waals surface area contributed by atoms with Gasteiger partial charge in [0.15, 0.2) is 5.78 Å². The fraction of sp³-hybridized carbons (Fsp3) is 0.650. The van der Waals surface area contributed by atoms with Crippen LogP contribution in [0.4, 0.5) is 5.95 Å². The minimum absolute atomic E-state index is 0.0750. The molecule has 6 nitrogen and oxygen atoms in total. The van der Waals surface area contributed by atoms with Crippen LogP contribution in [0.25, 0.3) is 11.0 Å². The molecule has 5 rings (SSSR count). The number of carbonyl (C=O) groups excluding carboxylic acids is 1. The molecule has 6 heteroatoms. The fourth-order valence-electron chi connectivity index (χ4n) is 5.24. The summed E-state index contributed by atoms with van der Waals surface area (Å²) in [6, 6.07) is 2.30. The summed E-state index contributed by atoms with van der Waals surface area (Å²) in [6.45, 7) is 0. The fourth-order valence-corrected chi connectivity index (χ4v) is 5.24. The van der Waals surface area contributed by atoms with E-state index in [1.807, 2.05) is 12.3 Å². The number of carbonyl (C=O) groups is 1. The molecule has 3 heterocycles. The number of fused-ring (bicyclic) bond motifs is 4. The summed E-state index contributed by atoms with van der Waals surface area (Å²) in [6.07, 6.45) is 11.6. The van der Waals surface area contributed by atoms with Gasteiger partial charge in [-0.3, -0.25) is 4.79 Å². The third-order valence-electron chi connectivity index (χ3n) is 6.68. The molecule has 0 saturated heterocycles. The normalized spacial score (nSPS) is 27.8. The van der Waals surface area contributed by atoms with Crippen LogP contribution >= 0.6 is 0 Å². The second-order valence-electron chi connectivity index (χ2n) is 8.34. The number of ketones is 1. The quantitative estimate of drug-likeness (QED) is 0.864. The monoisotopic (exact) mass is 354 g/mol. The molecule has 138 valence electrons. The Balaban J connectivity index is 1.53. The van der Waals surface area contributed by atoms with Gasteiger partial charge in [-0.25, -0.2) is 4.98 Å². The van der Waals surface area contributed by atoms with Gasteiger partial charge in [-0.15, -0.1) is 0 Å². The Bertz CT molecular complexity index is 845. The smallest absolute Gasteiger partial charge is 0.224 e. The van der Waals surface area contributed by atoms with Crippen LogP contribution in [0, 0.1) is 0 Å². The summed E-state index contributed by atoms with van der Waals surface area (Å²) in [5, 5.41) is 14.1. The number of hydrogen-bond donors (Lipinski definition) is 2. The largest absolute Gasteiger partial charge is 0.393 e. The molecule has 2 N–H and O–H groups in total. The Morgan fingerprint density at radius 2 is 1.92 bits per heavy atom. The summed E-state index contributed by atoms with van der Waals surface area (Å²) in [4.78, 5) is 21.9. The van der Waals surface area contributed by atoms with E-state index in [4.69, 9.17) is 4.98 Å². The van der Waals surface area contributed by atoms with E-state index in [2.05, 4.69) is 14.9 Å². The first kappa shape index (κ1) is 16.2. The number of nitrogens with zero attached hydrogens (tertiary/aromatic N) is 3. The van der Waals surface area contributed by atoms with Crippen molar-refractivity contribution in [3.63, 3.8) is 0 Å². The van der Waals surface area contributed by atoms with E-state index < -0.39 is 0 Å². The zero-order valence-electron chi connectivity index (χ0n) is 15.1. The van der Waals surface area contributed by atoms with Crippen molar-refractivity contribution in [2.45, 2.75) is 81.9 Å². The van der Waals surface area contributed by atoms with Gasteiger partial charge in [-0.05, 0) is 51.0 Å². The summed E-state index contributed by atoms with van der Waals surface area (Å²) in [5.74, 6) is 0.877. The zero-order chi connectivity index (χ0) is 17.7. The average Bonchev–Trinajstić information content (AvgIpc) is 3.26. The maximum atomic E-state index is 12.5. The average molecular weight is 354 g/mol. The number of nitrogens with one attached hydrogen (secondary N) is 1. The summed E-state index contributed by atoms with van der Waals surface area (Å²) in [5.41, 5.74) is 1.80. The van der Waals surface area contributed by atoms with Gasteiger partial charge in [0.2, 0.25) is 5.95 Å². The van der Waals surface area contributed by atoms with Gasteiger partial charge in [0, 0.05) is 29.6 Å². The van der Waals surface area contributed by atoms with Crippen molar-refractivity contribution < 1.29 is 9.90 Å². The van der Waals surface area contributed by atoms with Crippen molar-refractivity contribution in [2.24, 2.45) is 0 Å². The van der Waals surface area contributed by atoms with Gasteiger partial charge in [0.05, 0.1) is 11.8 Å². The maximum absolute atomic E-state index is 12.5. The Morgan fingerprint density at radius 1 is 1.15 bits per heavy atom. The van der Waals surface area contributed by atoms with Crippen LogP contribution in [0.3, 0.4) is 0 Å². The van der Waals surface area contributed by atoms with Crippen LogP contribution in [0.15, 0.2) is 12.3 Å². The maximum Gasteiger partial charge on any atom is 0.224 e. The van der Waals surface area contributed by atoms with Crippen LogP contribution in [0.2, 0.25) is 0 Å². The van der Waals surface area contributed by atoms with E-state index in [0.29, 0.717) is 18.4 Å². The van der Waals surface area contributed by atoms with Crippen LogP contribution in [-0.2, 0) is 5.54 Å². The third kappa shape index (κ3) is 2.54. The zero-order valence-corrected chi connectivity index (χ0v) is 15.1. The van der Waals surface area contributed by atoms with Crippen LogP contribution in [0.5, 0.6) is 0 Å². The molecule has 2 fully saturated rings. The van der Waals surface area contributed by atoms with Crippen LogP contribution in [0.1, 0.15) is 74.7 Å². The highest BCUT2D eigenvalue weighted by Crippen LogP contribution is 2.46. The highest BCUT2D eigenvalue weighted by atomic mass is 16.3. The number of aliphatic hydroxyl groups excluding tert-OH is 1. The molecule has 0 aromatic carbocycles. The van der Waals surface area contributed by atoms with Crippen molar-refractivity contribution in [3.05, 3.63) is 18.0 Å². The number of aromatic nitrogens is 3. The molecule has 2 aromatic rings. The molecule has 2 aliphatic carbocycles. The van der Waals surface area contributed by atoms with Gasteiger partial charge in [-0.2, -0.15) is 4.98 Å². The second kappa shape index (κ2) is 6.05. The minimum Gasteiger partial charge on any atom is -0.393 e. The molecule has 0 amide bonds. The molecule has 3 aliphatic rings. The summed E-state index contributed by atoms with van der Waals surface area (Å²) in [7, 11) is 0. The second-order valence-corrected chi connectivity index (χ2v) is 8.34. The number of Topliss-reactive ketones (excluding diaryl/α,β-unsaturated/α-hetero) is 1. The molecule has 0 atom stereocenters. The van der Waals surface area contributed by atoms with E-state index in [1.54, 1.807) is 0 Å². The molecule has 0 unspecified atom stereocenters. The van der Waals surface area contributed by atoms with Gasteiger partial charge in [-0.1, -0.05) is 12.8 Å². The van der Waals surface area contributed by atoms with Gasteiger partial charge >= 0.3 is 0 Å². The molecule has 1 aliphatic heterocycles. The van der Waals surface area contributed by atoms with Crippen molar-refractivity contribution >= 4 is 22.8 Å². The predicted molar refractivity (Wildman–Crippen MR) is 99.4 cm³/mol. The predicted octanol–water partition coefficient (Wildman–Crippen LogP) is 3.39. The first-order valence-electron chi connectivity index (χ1n) is 10.0. The lowest BCUT2D eigenvalue weighted by atomic mass is 9.86. The van der Waals surface area contributed by atoms with Gasteiger partial charge < -0.3 is 15.0 Å². The number of hydrogen-bond acceptors (Lipinski definition) is 5. The van der Waals surface area contributed by atoms with E-state index in [9.17, 15) is 9.90 Å². The molecule has 0 radical (unpaired) electrons. The Morgan fingerprint density at radius 3 is 2.69 bits per heavy atom. The highest BCUT2D eigenvalue weighted by Gasteiger charge is 2.42. The van der Waals surface area contributed by atoms with Crippen molar-refractivity contribution in [2.75, 3.05) is 5.32 Å². The standard InChI is InChI=1S/C20H26N4O2/c25-15-5-3-14(4-6-15)22-19-21-12-13-11-16-17(26)7-10-20(8-1-2-9-20)24(16)18(13)23-19/h11-12,14-15,25H,1-10H2,(H,21,22,23). The Hall–Kier alpha value is -1.95. The van der Waals surface area contributed by atoms with Crippen LogP contribution < -0.4 is 5.32 Å². The number of rotatable bonds is 2. The van der Waals surface area contributed by atoms with Gasteiger partial charge in [0.1, 0.15) is 5.65 Å². The molecule has 26 heavy (non-hydrogen) atoms. The summed E-state index contributed by atoms with van der Waals surface area (Å²) >= 11 is 0. The van der Waals surface area contributed by atoms with E-state index in [1.165, 1.54) is 12.8 Å². The lowest BCUT2D eigenvalue weighted by Gasteiger charge is -2.36. The SMILES string of the molecule is O=C1CCC2(CCCC2)n2c1cc1cnc(NC3CCC(O)CC3)nc12. The highest BCUT2D eigenvalue weighted by molar-refractivity contribution is 6.00. The Kier molecular flexibility index (Phi) is 3.78. The number of aliphatic hydroxyl groups is 1.